The van der Waals surface area contributed by atoms with Gasteiger partial charge in [-0.25, -0.2) is 4.79 Å². The van der Waals surface area contributed by atoms with E-state index in [0.717, 1.165) is 5.56 Å². The van der Waals surface area contributed by atoms with Gasteiger partial charge in [-0.1, -0.05) is 42.5 Å². The summed E-state index contributed by atoms with van der Waals surface area (Å²) in [6.07, 6.45) is -5.18. The van der Waals surface area contributed by atoms with Crippen LogP contribution in [0.25, 0.3) is 6.08 Å². The zero-order valence-electron chi connectivity index (χ0n) is 21.5. The number of carbonyl (C=O) groups is 1. The zero-order chi connectivity index (χ0) is 28.4. The molecule has 0 radical (unpaired) electrons. The second-order valence-electron chi connectivity index (χ2n) is 9.79. The van der Waals surface area contributed by atoms with E-state index in [1.165, 1.54) is 30.3 Å². The Morgan fingerprint density at radius 2 is 1.68 bits per heavy atom. The van der Waals surface area contributed by atoms with E-state index in [9.17, 15) is 30.3 Å². The molecule has 7 unspecified atom stereocenters. The van der Waals surface area contributed by atoms with Crippen LogP contribution in [0.4, 0.5) is 0 Å². The van der Waals surface area contributed by atoms with Gasteiger partial charge in [-0.15, -0.1) is 0 Å². The summed E-state index contributed by atoms with van der Waals surface area (Å²) in [5.41, 5.74) is 1.77. The highest BCUT2D eigenvalue weighted by molar-refractivity contribution is 5.87. The first-order valence-corrected chi connectivity index (χ1v) is 12.8. The molecule has 5 rings (SSSR count). The summed E-state index contributed by atoms with van der Waals surface area (Å²) in [6, 6.07) is 17.9. The van der Waals surface area contributed by atoms with E-state index in [4.69, 9.17) is 18.9 Å². The lowest BCUT2D eigenvalue weighted by Crippen LogP contribution is -2.59. The predicted molar refractivity (Wildman–Crippen MR) is 142 cm³/mol. The van der Waals surface area contributed by atoms with Crippen molar-refractivity contribution < 1.29 is 49.3 Å². The maximum Gasteiger partial charge on any atom is 0.331 e. The highest BCUT2D eigenvalue weighted by atomic mass is 16.7. The minimum atomic E-state index is -1.56. The lowest BCUT2D eigenvalue weighted by molar-refractivity contribution is -0.311. The molecule has 0 aromatic heterocycles. The average Bonchev–Trinajstić information content (AvgIpc) is 2.94. The van der Waals surface area contributed by atoms with Gasteiger partial charge in [0.2, 0.25) is 0 Å². The Morgan fingerprint density at radius 1 is 0.950 bits per heavy atom. The number of phenolic OH excluding ortho intramolecular Hbond substituents is 3. The van der Waals surface area contributed by atoms with Crippen LogP contribution in [0.15, 0.2) is 72.8 Å². The second-order valence-corrected chi connectivity index (χ2v) is 9.79. The van der Waals surface area contributed by atoms with Gasteiger partial charge < -0.3 is 44.5 Å². The normalized spacial score (nSPS) is 28.0. The van der Waals surface area contributed by atoms with E-state index in [2.05, 4.69) is 0 Å². The van der Waals surface area contributed by atoms with E-state index in [-0.39, 0.29) is 29.4 Å². The third-order valence-corrected chi connectivity index (χ3v) is 6.94. The van der Waals surface area contributed by atoms with Crippen molar-refractivity contribution >= 4 is 12.0 Å². The molecule has 0 aliphatic carbocycles. The Hall–Kier alpha value is -4.09. The number of benzene rings is 3. The third-order valence-electron chi connectivity index (χ3n) is 6.94. The molecule has 0 bridgehead atoms. The van der Waals surface area contributed by atoms with Crippen LogP contribution in [0.3, 0.4) is 0 Å². The van der Waals surface area contributed by atoms with Gasteiger partial charge in [0, 0.05) is 30.2 Å². The average molecular weight is 551 g/mol. The van der Waals surface area contributed by atoms with Crippen molar-refractivity contribution in [2.45, 2.75) is 56.3 Å². The minimum absolute atomic E-state index is 0.0486. The lowest BCUT2D eigenvalue weighted by Gasteiger charge is -2.43. The van der Waals surface area contributed by atoms with Gasteiger partial charge in [-0.2, -0.15) is 0 Å². The van der Waals surface area contributed by atoms with Crippen LogP contribution in [-0.4, -0.2) is 68.3 Å². The van der Waals surface area contributed by atoms with Gasteiger partial charge >= 0.3 is 5.97 Å². The summed E-state index contributed by atoms with van der Waals surface area (Å²) in [6.45, 7) is 1.56. The van der Waals surface area contributed by atoms with E-state index >= 15 is 0 Å². The summed E-state index contributed by atoms with van der Waals surface area (Å²) in [7, 11) is 0. The number of fused-ring (bicyclic) bond motifs is 1. The first-order chi connectivity index (χ1) is 19.2. The zero-order valence-corrected chi connectivity index (χ0v) is 21.5. The molecule has 0 saturated carbocycles. The van der Waals surface area contributed by atoms with Gasteiger partial charge in [-0.05, 0) is 36.3 Å². The topological polar surface area (TPSA) is 155 Å². The van der Waals surface area contributed by atoms with Crippen molar-refractivity contribution in [3.63, 3.8) is 0 Å². The number of aromatic hydroxyl groups is 3. The van der Waals surface area contributed by atoms with E-state index in [1.54, 1.807) is 25.1 Å². The van der Waals surface area contributed by atoms with Crippen molar-refractivity contribution in [3.8, 4) is 23.0 Å². The lowest BCUT2D eigenvalue weighted by atomic mass is 9.93. The number of hydrogen-bond acceptors (Lipinski definition) is 10. The van der Waals surface area contributed by atoms with Crippen molar-refractivity contribution in [1.29, 1.82) is 0 Å². The molecule has 7 atom stereocenters. The first-order valence-electron chi connectivity index (χ1n) is 12.8. The molecule has 10 heteroatoms. The molecule has 210 valence electrons. The monoisotopic (exact) mass is 550 g/mol. The van der Waals surface area contributed by atoms with Gasteiger partial charge in [0.05, 0.1) is 6.10 Å². The molecule has 3 aromatic carbocycles. The summed E-state index contributed by atoms with van der Waals surface area (Å²) in [5, 5.41) is 51.9. The maximum atomic E-state index is 12.5. The minimum Gasteiger partial charge on any atom is -0.508 e. The Labute approximate surface area is 230 Å². The molecular weight excluding hydrogens is 520 g/mol. The maximum absolute atomic E-state index is 12.5. The fourth-order valence-corrected chi connectivity index (χ4v) is 4.84. The third kappa shape index (κ3) is 5.90. The Balaban J connectivity index is 1.37. The van der Waals surface area contributed by atoms with Crippen molar-refractivity contribution in [1.82, 2.24) is 0 Å². The van der Waals surface area contributed by atoms with Gasteiger partial charge in [-0.3, -0.25) is 0 Å². The van der Waals surface area contributed by atoms with Gasteiger partial charge in [0.1, 0.15) is 41.3 Å². The van der Waals surface area contributed by atoms with Gasteiger partial charge in [0.15, 0.2) is 18.5 Å². The summed E-state index contributed by atoms with van der Waals surface area (Å²) in [5.74, 6) is -0.839. The van der Waals surface area contributed by atoms with Crippen LogP contribution < -0.4 is 4.74 Å². The van der Waals surface area contributed by atoms with Crippen molar-refractivity contribution in [2.24, 2.45) is 0 Å². The highest BCUT2D eigenvalue weighted by Gasteiger charge is 2.48. The molecule has 10 nitrogen and oxygen atoms in total. The number of esters is 1. The molecule has 40 heavy (non-hydrogen) atoms. The largest absolute Gasteiger partial charge is 0.508 e. The molecule has 0 spiro atoms. The number of ether oxygens (including phenoxy) is 4. The SMILES string of the molecule is CC1OC(OC2Cc3c(O)cc(O)cc3OC2c2ccc(O)cc2)C(O)C(OC(=O)C=Cc2ccccc2)C1O. The highest BCUT2D eigenvalue weighted by Crippen LogP contribution is 2.43. The molecule has 2 heterocycles. The summed E-state index contributed by atoms with van der Waals surface area (Å²) < 4.78 is 23.5. The number of carbonyl (C=O) groups excluding carboxylic acids is 1. The smallest absolute Gasteiger partial charge is 0.331 e. The number of aliphatic hydroxyl groups excluding tert-OH is 2. The van der Waals surface area contributed by atoms with Crippen molar-refractivity contribution in [2.75, 3.05) is 0 Å². The molecule has 0 amide bonds. The molecular formula is C30H30O10. The second kappa shape index (κ2) is 11.6. The predicted octanol–water partition coefficient (Wildman–Crippen LogP) is 2.96. The Kier molecular flexibility index (Phi) is 7.95. The van der Waals surface area contributed by atoms with Gasteiger partial charge in [0.25, 0.3) is 0 Å². The Bertz CT molecular complexity index is 1360. The number of hydrogen-bond donors (Lipinski definition) is 5. The summed E-state index contributed by atoms with van der Waals surface area (Å²) in [4.78, 5) is 12.5. The van der Waals surface area contributed by atoms with Crippen LogP contribution >= 0.6 is 0 Å². The molecule has 3 aromatic rings. The van der Waals surface area contributed by atoms with E-state index < -0.39 is 48.9 Å². The van der Waals surface area contributed by atoms with Crippen LogP contribution in [0.2, 0.25) is 0 Å². The molecule has 2 aliphatic rings. The van der Waals surface area contributed by atoms with E-state index in [1.807, 2.05) is 30.3 Å². The fourth-order valence-electron chi connectivity index (χ4n) is 4.84. The van der Waals surface area contributed by atoms with E-state index in [0.29, 0.717) is 11.1 Å². The number of aliphatic hydroxyl groups is 2. The molecule has 5 N–H and O–H groups in total. The molecule has 1 saturated heterocycles. The van der Waals surface area contributed by atoms with Crippen LogP contribution in [0, 0.1) is 0 Å². The number of rotatable bonds is 6. The summed E-state index contributed by atoms with van der Waals surface area (Å²) >= 11 is 0. The standard InChI is InChI=1S/C30H30O10/c1-16-26(35)29(40-25(34)12-7-17-5-3-2-4-6-17)27(36)30(37-16)39-24-15-21-22(33)13-20(32)14-23(21)38-28(24)18-8-10-19(31)11-9-18/h2-14,16,24,26-33,35-36H,15H2,1H3. The van der Waals surface area contributed by atoms with Crippen LogP contribution in [0.1, 0.15) is 29.7 Å². The number of phenols is 3. The fraction of sp³-hybridized carbons (Fsp3) is 0.300. The van der Waals surface area contributed by atoms with Crippen molar-refractivity contribution in [3.05, 3.63) is 89.5 Å². The first kappa shape index (κ1) is 27.5. The van der Waals surface area contributed by atoms with Crippen LogP contribution in [0.5, 0.6) is 23.0 Å². The molecule has 2 aliphatic heterocycles. The molecule has 1 fully saturated rings. The van der Waals surface area contributed by atoms with Crippen LogP contribution in [-0.2, 0) is 25.4 Å². The quantitative estimate of drug-likeness (QED) is 0.229. The Morgan fingerprint density at radius 3 is 2.40 bits per heavy atom.